The number of hydrogen-bond acceptors (Lipinski definition) is 5. The van der Waals surface area contributed by atoms with Crippen molar-refractivity contribution in [1.82, 2.24) is 9.88 Å². The molecule has 38 heavy (non-hydrogen) atoms. The highest BCUT2D eigenvalue weighted by Crippen LogP contribution is 2.53. The maximum absolute atomic E-state index is 15.1. The number of fused-ring (bicyclic) bond motifs is 1. The number of rotatable bonds is 7. The monoisotopic (exact) mass is 551 g/mol. The number of alkyl halides is 3. The van der Waals surface area contributed by atoms with Gasteiger partial charge in [0.15, 0.2) is 0 Å². The third-order valence-corrected chi connectivity index (χ3v) is 7.93. The summed E-state index contributed by atoms with van der Waals surface area (Å²) in [6, 6.07) is 5.80. The Morgan fingerprint density at radius 3 is 2.50 bits per heavy atom. The molecule has 0 radical (unpaired) electrons. The van der Waals surface area contributed by atoms with E-state index in [1.54, 1.807) is 0 Å². The molecule has 0 spiro atoms. The molecule has 1 atom stereocenters. The van der Waals surface area contributed by atoms with Gasteiger partial charge in [0, 0.05) is 23.7 Å². The van der Waals surface area contributed by atoms with Gasteiger partial charge < -0.3 is 19.3 Å². The van der Waals surface area contributed by atoms with E-state index in [-0.39, 0.29) is 34.6 Å². The Bertz CT molecular complexity index is 1330. The molecule has 5 rings (SSSR count). The number of halogens is 5. The van der Waals surface area contributed by atoms with E-state index in [9.17, 15) is 23.1 Å². The minimum absolute atomic E-state index is 0.0180. The molecule has 0 saturated heterocycles. The number of amides is 1. The number of carbonyl (C=O) groups is 1. The predicted octanol–water partition coefficient (Wildman–Crippen LogP) is 5.86. The summed E-state index contributed by atoms with van der Waals surface area (Å²) < 4.78 is 63.9. The average molecular weight is 552 g/mol. The zero-order valence-electron chi connectivity index (χ0n) is 20.7. The Labute approximate surface area is 221 Å². The van der Waals surface area contributed by atoms with E-state index in [1.165, 1.54) is 30.7 Å². The SMILES string of the molecule is CCN(CC)C1CC(CN2C(=O)[C@@](O)(c3c(F)cccc3Cl)c3c2cc(-c2ncco2)cc3C(F)(F)F)C1. The number of nitrogens with zero attached hydrogens (tertiary/aromatic N) is 3. The average Bonchev–Trinajstić information content (AvgIpc) is 3.44. The molecule has 2 heterocycles. The van der Waals surface area contributed by atoms with Crippen LogP contribution in [0, 0.1) is 11.7 Å². The lowest BCUT2D eigenvalue weighted by molar-refractivity contribution is -0.142. The summed E-state index contributed by atoms with van der Waals surface area (Å²) in [5, 5.41) is 11.5. The fraction of sp³-hybridized carbons (Fsp3) is 0.407. The molecule has 6 nitrogen and oxygen atoms in total. The third-order valence-electron chi connectivity index (χ3n) is 7.61. The third kappa shape index (κ3) is 4.19. The highest BCUT2D eigenvalue weighted by molar-refractivity contribution is 6.32. The van der Waals surface area contributed by atoms with Gasteiger partial charge in [-0.3, -0.25) is 4.79 Å². The molecule has 1 N–H and O–H groups in total. The minimum Gasteiger partial charge on any atom is -0.445 e. The number of hydrogen-bond donors (Lipinski definition) is 1. The van der Waals surface area contributed by atoms with Crippen molar-refractivity contribution in [3.63, 3.8) is 0 Å². The summed E-state index contributed by atoms with van der Waals surface area (Å²) in [5.74, 6) is -2.27. The largest absolute Gasteiger partial charge is 0.445 e. The number of aromatic nitrogens is 1. The molecule has 1 aromatic heterocycles. The summed E-state index contributed by atoms with van der Waals surface area (Å²) >= 11 is 6.21. The maximum atomic E-state index is 15.1. The molecule has 2 aromatic carbocycles. The summed E-state index contributed by atoms with van der Waals surface area (Å²) in [5.41, 5.74) is -5.95. The summed E-state index contributed by atoms with van der Waals surface area (Å²) in [4.78, 5) is 21.3. The predicted molar refractivity (Wildman–Crippen MR) is 133 cm³/mol. The molecule has 2 aliphatic rings. The van der Waals surface area contributed by atoms with E-state index in [4.69, 9.17) is 16.0 Å². The second-order valence-electron chi connectivity index (χ2n) is 9.69. The van der Waals surface area contributed by atoms with E-state index in [0.717, 1.165) is 43.0 Å². The van der Waals surface area contributed by atoms with Gasteiger partial charge in [-0.15, -0.1) is 0 Å². The Hall–Kier alpha value is -2.95. The Kier molecular flexibility index (Phi) is 6.77. The second-order valence-corrected chi connectivity index (χ2v) is 10.1. The molecule has 1 aliphatic heterocycles. The van der Waals surface area contributed by atoms with E-state index >= 15 is 4.39 Å². The minimum atomic E-state index is -5.00. The lowest BCUT2D eigenvalue weighted by Crippen LogP contribution is -2.50. The van der Waals surface area contributed by atoms with Crippen LogP contribution in [0.4, 0.5) is 23.2 Å². The Morgan fingerprint density at radius 2 is 1.92 bits per heavy atom. The van der Waals surface area contributed by atoms with Crippen molar-refractivity contribution in [3.05, 3.63) is 70.3 Å². The van der Waals surface area contributed by atoms with Crippen molar-refractivity contribution in [2.24, 2.45) is 5.92 Å². The van der Waals surface area contributed by atoms with Gasteiger partial charge in [-0.05, 0) is 56.1 Å². The van der Waals surface area contributed by atoms with Crippen molar-refractivity contribution in [1.29, 1.82) is 0 Å². The first-order valence-electron chi connectivity index (χ1n) is 12.4. The van der Waals surface area contributed by atoms with Gasteiger partial charge in [0.05, 0.1) is 28.0 Å². The van der Waals surface area contributed by atoms with E-state index in [0.29, 0.717) is 6.04 Å². The van der Waals surface area contributed by atoms with Crippen LogP contribution in [0.15, 0.2) is 47.2 Å². The van der Waals surface area contributed by atoms with Crippen molar-refractivity contribution in [3.8, 4) is 11.5 Å². The molecular formula is C27H26ClF4N3O3. The number of carbonyl (C=O) groups excluding carboxylic acids is 1. The molecule has 3 aromatic rings. The Balaban J connectivity index is 1.68. The van der Waals surface area contributed by atoms with Gasteiger partial charge >= 0.3 is 6.18 Å². The van der Waals surface area contributed by atoms with Crippen LogP contribution in [0.3, 0.4) is 0 Å². The van der Waals surface area contributed by atoms with Crippen LogP contribution in [0.1, 0.15) is 43.4 Å². The first-order chi connectivity index (χ1) is 18.0. The number of oxazole rings is 1. The highest BCUT2D eigenvalue weighted by Gasteiger charge is 2.58. The molecule has 0 bridgehead atoms. The van der Waals surface area contributed by atoms with E-state index < -0.39 is 40.2 Å². The van der Waals surface area contributed by atoms with Crippen LogP contribution in [-0.2, 0) is 16.6 Å². The topological polar surface area (TPSA) is 69.8 Å². The summed E-state index contributed by atoms with van der Waals surface area (Å²) in [7, 11) is 0. The van der Waals surface area contributed by atoms with Crippen LogP contribution in [0.25, 0.3) is 11.5 Å². The molecular weight excluding hydrogens is 526 g/mol. The van der Waals surface area contributed by atoms with Gasteiger partial charge in [0.25, 0.3) is 5.91 Å². The van der Waals surface area contributed by atoms with Gasteiger partial charge in [0.2, 0.25) is 11.5 Å². The van der Waals surface area contributed by atoms with E-state index in [2.05, 4.69) is 23.7 Å². The van der Waals surface area contributed by atoms with Crippen molar-refractivity contribution in [2.45, 2.75) is 44.5 Å². The number of anilines is 1. The van der Waals surface area contributed by atoms with Crippen LogP contribution in [0.5, 0.6) is 0 Å². The van der Waals surface area contributed by atoms with Gasteiger partial charge in [0.1, 0.15) is 12.1 Å². The number of benzene rings is 2. The quantitative estimate of drug-likeness (QED) is 0.373. The molecule has 11 heteroatoms. The first kappa shape index (κ1) is 26.6. The van der Waals surface area contributed by atoms with Gasteiger partial charge in [-0.1, -0.05) is 31.5 Å². The lowest BCUT2D eigenvalue weighted by Gasteiger charge is -2.43. The molecule has 0 unspecified atom stereocenters. The van der Waals surface area contributed by atoms with Crippen LogP contribution < -0.4 is 4.90 Å². The molecule has 1 aliphatic carbocycles. The number of aliphatic hydroxyl groups is 1. The zero-order chi connectivity index (χ0) is 27.4. The molecule has 1 saturated carbocycles. The van der Waals surface area contributed by atoms with Crippen molar-refractivity contribution >= 4 is 23.2 Å². The fourth-order valence-corrected chi connectivity index (χ4v) is 6.05. The van der Waals surface area contributed by atoms with Crippen molar-refractivity contribution < 1.29 is 31.9 Å². The zero-order valence-corrected chi connectivity index (χ0v) is 21.5. The maximum Gasteiger partial charge on any atom is 0.416 e. The second kappa shape index (κ2) is 9.66. The summed E-state index contributed by atoms with van der Waals surface area (Å²) in [6.45, 7) is 5.89. The lowest BCUT2D eigenvalue weighted by atomic mass is 9.78. The van der Waals surface area contributed by atoms with Crippen LogP contribution in [-0.4, -0.2) is 46.6 Å². The molecule has 1 fully saturated rings. The van der Waals surface area contributed by atoms with Crippen LogP contribution in [0.2, 0.25) is 5.02 Å². The first-order valence-corrected chi connectivity index (χ1v) is 12.8. The van der Waals surface area contributed by atoms with Gasteiger partial charge in [-0.2, -0.15) is 13.2 Å². The smallest absolute Gasteiger partial charge is 0.416 e. The van der Waals surface area contributed by atoms with Crippen LogP contribution >= 0.6 is 11.6 Å². The standard InChI is InChI=1S/C27H26ClF4N3O3/c1-3-34(4-2)17-10-15(11-17)14-35-21-13-16(24-33-8-9-38-24)12-18(27(30,31)32)22(21)26(37,25(35)36)23-19(28)6-5-7-20(23)29/h5-9,12-13,15,17,37H,3-4,10-11,14H2,1-2H3/t15?,17?,26-/m0/s1. The molecule has 1 amide bonds. The summed E-state index contributed by atoms with van der Waals surface area (Å²) in [6.07, 6.45) is -1.01. The normalized spacial score (nSPS) is 23.2. The fourth-order valence-electron chi connectivity index (χ4n) is 5.75. The van der Waals surface area contributed by atoms with Gasteiger partial charge in [-0.25, -0.2) is 9.37 Å². The van der Waals surface area contributed by atoms with E-state index in [1.807, 2.05) is 0 Å². The highest BCUT2D eigenvalue weighted by atomic mass is 35.5. The molecule has 202 valence electrons. The Morgan fingerprint density at radius 1 is 1.21 bits per heavy atom. The van der Waals surface area contributed by atoms with Crippen molar-refractivity contribution in [2.75, 3.05) is 24.5 Å².